The predicted octanol–water partition coefficient (Wildman–Crippen LogP) is 0.718. The van der Waals surface area contributed by atoms with Crippen LogP contribution >= 0.6 is 0 Å². The Balaban J connectivity index is 3.72. The van der Waals surface area contributed by atoms with E-state index < -0.39 is 47.4 Å². The standard InChI is InChI=1S/C19H22O9/c1-10-8-6-7-9-11(10)15(20)12(13(16(21)25-2)17(22)26-3)14(18(23)27-4)19(24)28-5/h6-9,12-14H,1-5H3. The second-order valence-corrected chi connectivity index (χ2v) is 5.75. The number of methoxy groups -OCH3 is 4. The van der Waals surface area contributed by atoms with Crippen molar-refractivity contribution in [2.75, 3.05) is 28.4 Å². The Morgan fingerprint density at radius 2 is 1.04 bits per heavy atom. The van der Waals surface area contributed by atoms with Gasteiger partial charge < -0.3 is 18.9 Å². The minimum absolute atomic E-state index is 0.114. The Labute approximate surface area is 161 Å². The van der Waals surface area contributed by atoms with Crippen LogP contribution in [0.4, 0.5) is 0 Å². The third-order valence-corrected chi connectivity index (χ3v) is 4.25. The molecule has 0 aliphatic heterocycles. The summed E-state index contributed by atoms with van der Waals surface area (Å²) >= 11 is 0. The van der Waals surface area contributed by atoms with Crippen LogP contribution in [-0.2, 0) is 38.1 Å². The van der Waals surface area contributed by atoms with Crippen LogP contribution in [0.25, 0.3) is 0 Å². The average molecular weight is 394 g/mol. The van der Waals surface area contributed by atoms with E-state index >= 15 is 0 Å². The molecule has 0 spiro atoms. The lowest BCUT2D eigenvalue weighted by molar-refractivity contribution is -0.167. The van der Waals surface area contributed by atoms with Crippen molar-refractivity contribution in [2.45, 2.75) is 6.92 Å². The maximum atomic E-state index is 13.3. The fourth-order valence-corrected chi connectivity index (χ4v) is 2.81. The van der Waals surface area contributed by atoms with Crippen molar-refractivity contribution in [1.29, 1.82) is 0 Å². The van der Waals surface area contributed by atoms with Crippen LogP contribution in [-0.4, -0.2) is 58.1 Å². The summed E-state index contributed by atoms with van der Waals surface area (Å²) in [6, 6.07) is 6.31. The van der Waals surface area contributed by atoms with Crippen LogP contribution in [0.2, 0.25) is 0 Å². The van der Waals surface area contributed by atoms with Crippen molar-refractivity contribution in [3.05, 3.63) is 35.4 Å². The molecule has 28 heavy (non-hydrogen) atoms. The summed E-state index contributed by atoms with van der Waals surface area (Å²) in [6.45, 7) is 1.63. The van der Waals surface area contributed by atoms with E-state index in [1.165, 1.54) is 6.07 Å². The number of Topliss-reactive ketones (excluding diaryl/α,β-unsaturated/α-hetero) is 1. The van der Waals surface area contributed by atoms with Crippen molar-refractivity contribution in [2.24, 2.45) is 17.8 Å². The van der Waals surface area contributed by atoms with Gasteiger partial charge in [-0.15, -0.1) is 0 Å². The Kier molecular flexibility index (Phi) is 8.30. The van der Waals surface area contributed by atoms with Crippen LogP contribution in [0.5, 0.6) is 0 Å². The molecule has 0 N–H and O–H groups in total. The highest BCUT2D eigenvalue weighted by Gasteiger charge is 2.52. The van der Waals surface area contributed by atoms with Gasteiger partial charge in [0.25, 0.3) is 0 Å². The van der Waals surface area contributed by atoms with Crippen molar-refractivity contribution in [1.82, 2.24) is 0 Å². The first kappa shape index (κ1) is 22.8. The van der Waals surface area contributed by atoms with Crippen molar-refractivity contribution < 1.29 is 42.9 Å². The first-order valence-electron chi connectivity index (χ1n) is 8.16. The van der Waals surface area contributed by atoms with Crippen LogP contribution in [0, 0.1) is 24.7 Å². The van der Waals surface area contributed by atoms with E-state index in [1.54, 1.807) is 25.1 Å². The number of ether oxygens (including phenoxy) is 4. The van der Waals surface area contributed by atoms with Gasteiger partial charge in [-0.1, -0.05) is 24.3 Å². The predicted molar refractivity (Wildman–Crippen MR) is 94.0 cm³/mol. The highest BCUT2D eigenvalue weighted by molar-refractivity contribution is 6.11. The van der Waals surface area contributed by atoms with Gasteiger partial charge in [-0.2, -0.15) is 0 Å². The Bertz CT molecular complexity index is 700. The molecule has 0 aliphatic rings. The van der Waals surface area contributed by atoms with Crippen molar-refractivity contribution >= 4 is 29.7 Å². The molecule has 9 heteroatoms. The molecule has 9 nitrogen and oxygen atoms in total. The van der Waals surface area contributed by atoms with Gasteiger partial charge in [-0.3, -0.25) is 24.0 Å². The van der Waals surface area contributed by atoms with Gasteiger partial charge in [0.2, 0.25) is 0 Å². The van der Waals surface area contributed by atoms with Crippen LogP contribution in [0.15, 0.2) is 24.3 Å². The molecule has 0 atom stereocenters. The summed E-state index contributed by atoms with van der Waals surface area (Å²) < 4.78 is 18.5. The van der Waals surface area contributed by atoms with E-state index in [2.05, 4.69) is 18.9 Å². The molecule has 152 valence electrons. The summed E-state index contributed by atoms with van der Waals surface area (Å²) in [5.74, 6) is -10.9. The van der Waals surface area contributed by atoms with Gasteiger partial charge in [0, 0.05) is 5.56 Å². The highest BCUT2D eigenvalue weighted by Crippen LogP contribution is 2.31. The quantitative estimate of drug-likeness (QED) is 0.271. The molecular formula is C19H22O9. The Morgan fingerprint density at radius 1 is 0.679 bits per heavy atom. The molecule has 0 fully saturated rings. The number of esters is 4. The summed E-state index contributed by atoms with van der Waals surface area (Å²) in [7, 11) is 4.00. The summed E-state index contributed by atoms with van der Waals surface area (Å²) in [4.78, 5) is 62.6. The zero-order valence-corrected chi connectivity index (χ0v) is 16.2. The third kappa shape index (κ3) is 4.73. The lowest BCUT2D eigenvalue weighted by Gasteiger charge is -2.27. The van der Waals surface area contributed by atoms with Crippen LogP contribution in [0.1, 0.15) is 15.9 Å². The topological polar surface area (TPSA) is 122 Å². The molecule has 0 aliphatic carbocycles. The van der Waals surface area contributed by atoms with E-state index in [9.17, 15) is 24.0 Å². The van der Waals surface area contributed by atoms with Gasteiger partial charge in [-0.05, 0) is 12.5 Å². The van der Waals surface area contributed by atoms with E-state index in [4.69, 9.17) is 0 Å². The molecule has 0 bridgehead atoms. The second kappa shape index (κ2) is 10.2. The van der Waals surface area contributed by atoms with Gasteiger partial charge in [-0.25, -0.2) is 0 Å². The van der Waals surface area contributed by atoms with E-state index in [0.29, 0.717) is 5.56 Å². The minimum atomic E-state index is -1.88. The second-order valence-electron chi connectivity index (χ2n) is 5.75. The molecule has 0 saturated heterocycles. The number of rotatable bonds is 8. The van der Waals surface area contributed by atoms with Crippen LogP contribution < -0.4 is 0 Å². The van der Waals surface area contributed by atoms with Gasteiger partial charge in [0.05, 0.1) is 34.4 Å². The molecule has 0 unspecified atom stereocenters. The molecule has 0 saturated carbocycles. The van der Waals surface area contributed by atoms with Gasteiger partial charge >= 0.3 is 23.9 Å². The summed E-state index contributed by atoms with van der Waals surface area (Å²) in [5.41, 5.74) is 0.627. The van der Waals surface area contributed by atoms with Gasteiger partial charge in [0.15, 0.2) is 17.6 Å². The molecule has 1 rings (SSSR count). The van der Waals surface area contributed by atoms with Crippen molar-refractivity contribution in [3.8, 4) is 0 Å². The number of carbonyl (C=O) groups is 5. The van der Waals surface area contributed by atoms with Crippen molar-refractivity contribution in [3.63, 3.8) is 0 Å². The lowest BCUT2D eigenvalue weighted by Crippen LogP contribution is -2.47. The number of aryl methyl sites for hydroxylation is 1. The monoisotopic (exact) mass is 394 g/mol. The summed E-state index contributed by atoms with van der Waals surface area (Å²) in [5, 5.41) is 0. The normalized spacial score (nSPS) is 10.6. The molecule has 1 aromatic rings. The molecule has 1 aromatic carbocycles. The molecule has 0 radical (unpaired) electrons. The first-order chi connectivity index (χ1) is 13.2. The first-order valence-corrected chi connectivity index (χ1v) is 8.16. The average Bonchev–Trinajstić information content (AvgIpc) is 2.71. The SMILES string of the molecule is COC(=O)C(C(=O)OC)C(C(=O)c1ccccc1C)C(C(=O)OC)C(=O)OC. The molecule has 0 aromatic heterocycles. The molecule has 0 heterocycles. The summed E-state index contributed by atoms with van der Waals surface area (Å²) in [6.07, 6.45) is 0. The number of hydrogen-bond donors (Lipinski definition) is 0. The van der Waals surface area contributed by atoms with E-state index in [1.807, 2.05) is 0 Å². The number of carbonyl (C=O) groups excluding carboxylic acids is 5. The van der Waals surface area contributed by atoms with Gasteiger partial charge in [0.1, 0.15) is 0 Å². The zero-order valence-electron chi connectivity index (χ0n) is 16.2. The fraction of sp³-hybridized carbons (Fsp3) is 0.421. The Morgan fingerprint density at radius 3 is 1.36 bits per heavy atom. The number of hydrogen-bond acceptors (Lipinski definition) is 9. The zero-order chi connectivity index (χ0) is 21.4. The highest BCUT2D eigenvalue weighted by atomic mass is 16.6. The molecular weight excluding hydrogens is 372 g/mol. The van der Waals surface area contributed by atoms with Crippen LogP contribution in [0.3, 0.4) is 0 Å². The molecule has 0 amide bonds. The Hall–Kier alpha value is -3.23. The maximum Gasteiger partial charge on any atom is 0.320 e. The number of benzene rings is 1. The largest absolute Gasteiger partial charge is 0.468 e. The third-order valence-electron chi connectivity index (χ3n) is 4.25. The fourth-order valence-electron chi connectivity index (χ4n) is 2.81. The minimum Gasteiger partial charge on any atom is -0.468 e. The maximum absolute atomic E-state index is 13.3. The lowest BCUT2D eigenvalue weighted by atomic mass is 9.75. The smallest absolute Gasteiger partial charge is 0.320 e. The number of ketones is 1. The van der Waals surface area contributed by atoms with E-state index in [0.717, 1.165) is 28.4 Å². The van der Waals surface area contributed by atoms with E-state index in [-0.39, 0.29) is 5.56 Å².